The Kier molecular flexibility index (Phi) is 10.2. The quantitative estimate of drug-likeness (QED) is 0.198. The number of carbonyl (C=O) groups is 2. The minimum atomic E-state index is -0.975. The fourth-order valence-corrected chi connectivity index (χ4v) is 6.39. The molecule has 0 aliphatic carbocycles. The SMILES string of the molecule is O=C(O)c1ccc(CCN2C(=O)C(=Cc3ccc(OCCN4CCOCC4)c(-c4cc(Cl)ccc4Cl)c3)SC2=S)cc1. The highest BCUT2D eigenvalue weighted by atomic mass is 35.5. The van der Waals surface area contributed by atoms with Crippen molar-refractivity contribution in [3.8, 4) is 16.9 Å². The Morgan fingerprint density at radius 2 is 1.79 bits per heavy atom. The van der Waals surface area contributed by atoms with E-state index < -0.39 is 5.97 Å². The lowest BCUT2D eigenvalue weighted by Crippen LogP contribution is -2.38. The van der Waals surface area contributed by atoms with E-state index in [9.17, 15) is 9.59 Å². The number of benzene rings is 3. The zero-order chi connectivity index (χ0) is 29.6. The van der Waals surface area contributed by atoms with Gasteiger partial charge in [-0.05, 0) is 66.1 Å². The molecule has 2 aliphatic heterocycles. The summed E-state index contributed by atoms with van der Waals surface area (Å²) in [6, 6.07) is 17.7. The Hall–Kier alpha value is -2.92. The number of carbonyl (C=O) groups excluding carboxylic acids is 1. The number of halogens is 2. The third kappa shape index (κ3) is 7.53. The minimum Gasteiger partial charge on any atom is -0.492 e. The number of nitrogens with zero attached hydrogens (tertiary/aromatic N) is 2. The summed E-state index contributed by atoms with van der Waals surface area (Å²) in [5.41, 5.74) is 3.46. The van der Waals surface area contributed by atoms with Crippen molar-refractivity contribution < 1.29 is 24.2 Å². The summed E-state index contributed by atoms with van der Waals surface area (Å²) in [4.78, 5) is 28.8. The molecule has 2 heterocycles. The van der Waals surface area contributed by atoms with Gasteiger partial charge in [-0.1, -0.05) is 65.4 Å². The number of rotatable bonds is 10. The van der Waals surface area contributed by atoms with Crippen molar-refractivity contribution in [2.45, 2.75) is 6.42 Å². The predicted molar refractivity (Wildman–Crippen MR) is 172 cm³/mol. The summed E-state index contributed by atoms with van der Waals surface area (Å²) in [6.45, 7) is 4.89. The number of morpholine rings is 1. The van der Waals surface area contributed by atoms with E-state index in [1.807, 2.05) is 24.3 Å². The van der Waals surface area contributed by atoms with Gasteiger partial charge in [-0.3, -0.25) is 14.6 Å². The van der Waals surface area contributed by atoms with Gasteiger partial charge in [0.05, 0.1) is 23.7 Å². The summed E-state index contributed by atoms with van der Waals surface area (Å²) in [5.74, 6) is -0.469. The molecule has 3 aromatic rings. The van der Waals surface area contributed by atoms with Crippen LogP contribution in [0.4, 0.5) is 0 Å². The van der Waals surface area contributed by atoms with Crippen LogP contribution in [-0.4, -0.2) is 77.1 Å². The van der Waals surface area contributed by atoms with Crippen molar-refractivity contribution in [2.75, 3.05) is 46.0 Å². The second-order valence-electron chi connectivity index (χ2n) is 9.77. The molecule has 0 bridgehead atoms. The van der Waals surface area contributed by atoms with Crippen molar-refractivity contribution in [2.24, 2.45) is 0 Å². The van der Waals surface area contributed by atoms with Crippen LogP contribution in [0, 0.1) is 0 Å². The molecule has 2 aliphatic rings. The van der Waals surface area contributed by atoms with E-state index in [0.717, 1.165) is 55.1 Å². The lowest BCUT2D eigenvalue weighted by molar-refractivity contribution is -0.122. The molecule has 1 amide bonds. The summed E-state index contributed by atoms with van der Waals surface area (Å²) in [5, 5.41) is 10.2. The first-order valence-electron chi connectivity index (χ1n) is 13.4. The summed E-state index contributed by atoms with van der Waals surface area (Å²) in [6.07, 6.45) is 2.37. The van der Waals surface area contributed by atoms with Crippen LogP contribution in [0.2, 0.25) is 10.0 Å². The number of thioether (sulfide) groups is 1. The van der Waals surface area contributed by atoms with E-state index in [-0.39, 0.29) is 11.5 Å². The molecule has 7 nitrogen and oxygen atoms in total. The molecule has 2 saturated heterocycles. The third-order valence-electron chi connectivity index (χ3n) is 6.99. The molecular weight excluding hydrogens is 615 g/mol. The van der Waals surface area contributed by atoms with E-state index in [1.54, 1.807) is 47.4 Å². The van der Waals surface area contributed by atoms with Crippen LogP contribution in [0.3, 0.4) is 0 Å². The van der Waals surface area contributed by atoms with Crippen LogP contribution < -0.4 is 4.74 Å². The number of thiocarbonyl (C=S) groups is 1. The summed E-state index contributed by atoms with van der Waals surface area (Å²) >= 11 is 19.7. The molecule has 0 saturated carbocycles. The molecule has 3 aromatic carbocycles. The zero-order valence-electron chi connectivity index (χ0n) is 22.6. The molecule has 0 atom stereocenters. The van der Waals surface area contributed by atoms with Crippen molar-refractivity contribution in [3.63, 3.8) is 0 Å². The first-order valence-corrected chi connectivity index (χ1v) is 15.4. The molecule has 0 unspecified atom stereocenters. The van der Waals surface area contributed by atoms with Crippen LogP contribution in [0.25, 0.3) is 17.2 Å². The Morgan fingerprint density at radius 1 is 1.02 bits per heavy atom. The van der Waals surface area contributed by atoms with Gasteiger partial charge in [0.25, 0.3) is 5.91 Å². The third-order valence-corrected chi connectivity index (χ3v) is 8.93. The largest absolute Gasteiger partial charge is 0.492 e. The van der Waals surface area contributed by atoms with Crippen molar-refractivity contribution in [1.82, 2.24) is 9.80 Å². The molecule has 0 spiro atoms. The molecule has 42 heavy (non-hydrogen) atoms. The van der Waals surface area contributed by atoms with E-state index in [0.29, 0.717) is 44.6 Å². The van der Waals surface area contributed by atoms with E-state index in [1.165, 1.54) is 11.8 Å². The predicted octanol–water partition coefficient (Wildman–Crippen LogP) is 6.51. The maximum Gasteiger partial charge on any atom is 0.335 e. The van der Waals surface area contributed by atoms with Crippen LogP contribution in [-0.2, 0) is 16.0 Å². The van der Waals surface area contributed by atoms with Crippen LogP contribution in [0.15, 0.2) is 65.6 Å². The highest BCUT2D eigenvalue weighted by Gasteiger charge is 2.31. The number of hydrogen-bond donors (Lipinski definition) is 1. The highest BCUT2D eigenvalue weighted by molar-refractivity contribution is 8.26. The average molecular weight is 644 g/mol. The molecule has 5 rings (SSSR count). The second-order valence-corrected chi connectivity index (χ2v) is 12.3. The number of amides is 1. The molecule has 0 aromatic heterocycles. The maximum absolute atomic E-state index is 13.3. The van der Waals surface area contributed by atoms with Crippen LogP contribution in [0.5, 0.6) is 5.75 Å². The van der Waals surface area contributed by atoms with Crippen molar-refractivity contribution >= 4 is 69.5 Å². The molecule has 218 valence electrons. The molecule has 11 heteroatoms. The van der Waals surface area contributed by atoms with Crippen molar-refractivity contribution in [3.05, 3.63) is 92.3 Å². The van der Waals surface area contributed by atoms with E-state index >= 15 is 0 Å². The lowest BCUT2D eigenvalue weighted by atomic mass is 10.0. The number of hydrogen-bond acceptors (Lipinski definition) is 7. The number of carboxylic acid groups (broad SMARTS) is 1. The topological polar surface area (TPSA) is 79.3 Å². The molecule has 1 N–H and O–H groups in total. The van der Waals surface area contributed by atoms with Gasteiger partial charge >= 0.3 is 5.97 Å². The first-order chi connectivity index (χ1) is 20.3. The van der Waals surface area contributed by atoms with Gasteiger partial charge in [0.2, 0.25) is 0 Å². The van der Waals surface area contributed by atoms with E-state index in [2.05, 4.69) is 4.90 Å². The fourth-order valence-electron chi connectivity index (χ4n) is 4.69. The van der Waals surface area contributed by atoms with Gasteiger partial charge in [-0.25, -0.2) is 4.79 Å². The summed E-state index contributed by atoms with van der Waals surface area (Å²) < 4.78 is 12.1. The van der Waals surface area contributed by atoms with Gasteiger partial charge in [-0.2, -0.15) is 0 Å². The second kappa shape index (κ2) is 14.0. The Morgan fingerprint density at radius 3 is 2.52 bits per heavy atom. The number of aromatic carboxylic acids is 1. The van der Waals surface area contributed by atoms with Crippen LogP contribution >= 0.6 is 47.2 Å². The van der Waals surface area contributed by atoms with E-state index in [4.69, 9.17) is 50.0 Å². The van der Waals surface area contributed by atoms with Crippen LogP contribution in [0.1, 0.15) is 21.5 Å². The average Bonchev–Trinajstić information content (AvgIpc) is 3.25. The lowest BCUT2D eigenvalue weighted by Gasteiger charge is -2.26. The molecule has 0 radical (unpaired) electrons. The smallest absolute Gasteiger partial charge is 0.335 e. The maximum atomic E-state index is 13.3. The first kappa shape index (κ1) is 30.5. The molecular formula is C31H28Cl2N2O5S2. The van der Waals surface area contributed by atoms with Gasteiger partial charge in [0, 0.05) is 47.4 Å². The highest BCUT2D eigenvalue weighted by Crippen LogP contribution is 2.39. The Labute approximate surface area is 264 Å². The monoisotopic (exact) mass is 642 g/mol. The normalized spacial score (nSPS) is 16.8. The minimum absolute atomic E-state index is 0.166. The fraction of sp³-hybridized carbons (Fsp3) is 0.258. The summed E-state index contributed by atoms with van der Waals surface area (Å²) in [7, 11) is 0. The zero-order valence-corrected chi connectivity index (χ0v) is 25.7. The Balaban J connectivity index is 1.33. The number of ether oxygens (including phenoxy) is 2. The molecule has 2 fully saturated rings. The van der Waals surface area contributed by atoms with Gasteiger partial charge in [-0.15, -0.1) is 0 Å². The Bertz CT molecular complexity index is 1520. The van der Waals surface area contributed by atoms with Gasteiger partial charge in [0.1, 0.15) is 16.7 Å². The van der Waals surface area contributed by atoms with Gasteiger partial charge in [0.15, 0.2) is 0 Å². The number of carboxylic acids is 1. The van der Waals surface area contributed by atoms with Crippen molar-refractivity contribution in [1.29, 1.82) is 0 Å². The standard InChI is InChI=1S/C31H28Cl2N2O5S2/c32-23-6-7-26(33)24(19-23)25-17-21(3-8-27(25)40-16-13-34-11-14-39-15-12-34)18-28-29(36)35(31(41)42-28)10-9-20-1-4-22(5-2-20)30(37)38/h1-8,17-19H,9-16H2,(H,37,38). The van der Waals surface area contributed by atoms with Gasteiger partial charge < -0.3 is 14.6 Å².